The minimum atomic E-state index is -4.63. The normalized spacial score (nSPS) is 13.8. The molecule has 0 aliphatic rings. The fourth-order valence-electron chi connectivity index (χ4n) is 7.37. The summed E-state index contributed by atoms with van der Waals surface area (Å²) in [6, 6.07) is 0. The predicted octanol–water partition coefficient (Wildman–Crippen LogP) is 15.6. The summed E-state index contributed by atoms with van der Waals surface area (Å²) in [5.74, 6) is -0.842. The molecule has 0 amide bonds. The number of phosphoric acid groups is 1. The van der Waals surface area contributed by atoms with Gasteiger partial charge in [0.2, 0.25) is 0 Å². The van der Waals surface area contributed by atoms with Gasteiger partial charge in [-0.05, 0) is 70.6 Å². The van der Waals surface area contributed by atoms with Gasteiger partial charge < -0.3 is 27.9 Å². The van der Waals surface area contributed by atoms with Gasteiger partial charge in [0, 0.05) is 12.8 Å². The van der Waals surface area contributed by atoms with Crippen molar-refractivity contribution >= 4 is 19.8 Å². The van der Waals surface area contributed by atoms with Crippen molar-refractivity contribution in [3.05, 3.63) is 48.6 Å². The number of likely N-dealkylation sites (N-methyl/N-ethyl adjacent to an activating group) is 1. The smallest absolute Gasteiger partial charge is 0.306 e. The van der Waals surface area contributed by atoms with E-state index in [0.29, 0.717) is 17.4 Å². The molecule has 0 aromatic rings. The van der Waals surface area contributed by atoms with Crippen LogP contribution in [0.15, 0.2) is 48.6 Å². The van der Waals surface area contributed by atoms with Crippen molar-refractivity contribution in [1.82, 2.24) is 0 Å². The van der Waals surface area contributed by atoms with Crippen LogP contribution >= 0.6 is 7.82 Å². The zero-order valence-corrected chi connectivity index (χ0v) is 43.8. The largest absolute Gasteiger partial charge is 0.756 e. The molecule has 0 radical (unpaired) electrons. The zero-order chi connectivity index (χ0) is 47.8. The van der Waals surface area contributed by atoms with Gasteiger partial charge in [-0.1, -0.05) is 204 Å². The highest BCUT2D eigenvalue weighted by Gasteiger charge is 2.21. The predicted molar refractivity (Wildman–Crippen MR) is 273 cm³/mol. The molecule has 0 aliphatic heterocycles. The number of nitrogens with zero attached hydrogens (tertiary/aromatic N) is 1. The quantitative estimate of drug-likeness (QED) is 0.0195. The molecule has 10 heteroatoms. The van der Waals surface area contributed by atoms with Crippen molar-refractivity contribution in [2.75, 3.05) is 47.5 Å². The van der Waals surface area contributed by atoms with Crippen LogP contribution in [0.1, 0.15) is 239 Å². The minimum absolute atomic E-state index is 0.0321. The van der Waals surface area contributed by atoms with E-state index in [2.05, 4.69) is 62.5 Å². The third-order valence-electron chi connectivity index (χ3n) is 11.6. The summed E-state index contributed by atoms with van der Waals surface area (Å²) in [6.45, 7) is 4.16. The van der Waals surface area contributed by atoms with E-state index in [0.717, 1.165) is 77.0 Å². The highest BCUT2D eigenvalue weighted by Crippen LogP contribution is 2.38. The fourth-order valence-corrected chi connectivity index (χ4v) is 8.10. The summed E-state index contributed by atoms with van der Waals surface area (Å²) >= 11 is 0. The van der Waals surface area contributed by atoms with Crippen molar-refractivity contribution in [2.24, 2.45) is 0 Å². The molecule has 0 heterocycles. The summed E-state index contributed by atoms with van der Waals surface area (Å²) < 4.78 is 34.0. The summed E-state index contributed by atoms with van der Waals surface area (Å²) in [6.07, 6.45) is 57.4. The van der Waals surface area contributed by atoms with Gasteiger partial charge in [0.1, 0.15) is 19.8 Å². The summed E-state index contributed by atoms with van der Waals surface area (Å²) in [5, 5.41) is 0. The highest BCUT2D eigenvalue weighted by molar-refractivity contribution is 7.45. The van der Waals surface area contributed by atoms with E-state index in [-0.39, 0.29) is 26.1 Å². The number of ether oxygens (including phenoxy) is 2. The number of hydrogen-bond acceptors (Lipinski definition) is 8. The fraction of sp³-hybridized carbons (Fsp3) is 0.818. The van der Waals surface area contributed by atoms with E-state index in [1.165, 1.54) is 128 Å². The Morgan fingerprint density at radius 3 is 1.31 bits per heavy atom. The average Bonchev–Trinajstić information content (AvgIpc) is 3.26. The standard InChI is InChI=1S/C55H102NO8P/c1-6-8-10-12-14-16-18-19-20-21-22-23-24-25-26-27-28-29-30-31-32-33-34-35-36-37-38-40-42-44-46-48-55(58)64-53(52-63-65(59,60)62-50-49-56(3,4)5)51-61-54(57)47-45-43-41-39-17-15-13-11-9-7-2/h11,13,18-19,21-22,24-25,53H,6-10,12,14-17,20,23,26-52H2,1-5H3/b13-11-,19-18-,22-21-,25-24-. The van der Waals surface area contributed by atoms with Gasteiger partial charge >= 0.3 is 11.9 Å². The maximum Gasteiger partial charge on any atom is 0.306 e. The van der Waals surface area contributed by atoms with Gasteiger partial charge in [-0.3, -0.25) is 14.2 Å². The number of hydrogen-bond donors (Lipinski definition) is 0. The van der Waals surface area contributed by atoms with E-state index in [4.69, 9.17) is 18.5 Å². The molecule has 380 valence electrons. The summed E-state index contributed by atoms with van der Waals surface area (Å²) in [4.78, 5) is 37.6. The van der Waals surface area contributed by atoms with Crippen LogP contribution in [0, 0.1) is 0 Å². The van der Waals surface area contributed by atoms with E-state index in [1.54, 1.807) is 0 Å². The molecule has 0 fully saturated rings. The molecule has 0 aromatic heterocycles. The SMILES string of the molecule is CCC/C=C\CCCCCCCC(=O)OCC(COP(=O)([O-])OCC[N+](C)(C)C)OC(=O)CCCCCCCCCCCCCCCCCC/C=C\C/C=C\C/C=C\CCCCCCC. The van der Waals surface area contributed by atoms with Crippen molar-refractivity contribution < 1.29 is 42.1 Å². The molecule has 65 heavy (non-hydrogen) atoms. The topological polar surface area (TPSA) is 111 Å². The number of phosphoric ester groups is 1. The Morgan fingerprint density at radius 1 is 0.477 bits per heavy atom. The Labute approximate surface area is 401 Å². The average molecular weight is 936 g/mol. The molecule has 0 spiro atoms. The molecule has 2 atom stereocenters. The van der Waals surface area contributed by atoms with Gasteiger partial charge in [0.15, 0.2) is 6.10 Å². The second-order valence-electron chi connectivity index (χ2n) is 19.2. The van der Waals surface area contributed by atoms with Gasteiger partial charge in [-0.15, -0.1) is 0 Å². The lowest BCUT2D eigenvalue weighted by atomic mass is 10.0. The molecular weight excluding hydrogens is 834 g/mol. The first-order valence-corrected chi connectivity index (χ1v) is 28.3. The third-order valence-corrected chi connectivity index (χ3v) is 12.5. The van der Waals surface area contributed by atoms with E-state index in [1.807, 2.05) is 21.1 Å². The van der Waals surface area contributed by atoms with E-state index in [9.17, 15) is 19.0 Å². The summed E-state index contributed by atoms with van der Waals surface area (Å²) in [7, 11) is 1.16. The van der Waals surface area contributed by atoms with Crippen LogP contribution in [0.3, 0.4) is 0 Å². The lowest BCUT2D eigenvalue weighted by Crippen LogP contribution is -2.37. The lowest BCUT2D eigenvalue weighted by Gasteiger charge is -2.28. The molecule has 0 rings (SSSR count). The molecule has 0 saturated heterocycles. The number of carbonyl (C=O) groups excluding carboxylic acids is 2. The van der Waals surface area contributed by atoms with Gasteiger partial charge in [0.05, 0.1) is 27.7 Å². The maximum atomic E-state index is 12.7. The minimum Gasteiger partial charge on any atom is -0.756 e. The molecule has 0 bridgehead atoms. The number of allylic oxidation sites excluding steroid dienone is 8. The second kappa shape index (κ2) is 47.1. The third kappa shape index (κ3) is 51.2. The number of rotatable bonds is 49. The Morgan fingerprint density at radius 2 is 0.862 bits per heavy atom. The molecular formula is C55H102NO8P. The summed E-state index contributed by atoms with van der Waals surface area (Å²) in [5.41, 5.74) is 0. The Balaban J connectivity index is 4.02. The second-order valence-corrected chi connectivity index (χ2v) is 20.6. The molecule has 0 N–H and O–H groups in total. The maximum absolute atomic E-state index is 12.7. The Hall–Kier alpha value is -2.03. The van der Waals surface area contributed by atoms with Crippen molar-refractivity contribution in [1.29, 1.82) is 0 Å². The van der Waals surface area contributed by atoms with Crippen LogP contribution in [0.4, 0.5) is 0 Å². The highest BCUT2D eigenvalue weighted by atomic mass is 31.2. The molecule has 2 unspecified atom stereocenters. The first kappa shape index (κ1) is 63.0. The van der Waals surface area contributed by atoms with Crippen LogP contribution in [-0.2, 0) is 32.7 Å². The molecule has 0 aliphatic carbocycles. The lowest BCUT2D eigenvalue weighted by molar-refractivity contribution is -0.870. The van der Waals surface area contributed by atoms with Crippen molar-refractivity contribution in [3.8, 4) is 0 Å². The van der Waals surface area contributed by atoms with Crippen LogP contribution in [-0.4, -0.2) is 70.0 Å². The van der Waals surface area contributed by atoms with Gasteiger partial charge in [-0.25, -0.2) is 0 Å². The van der Waals surface area contributed by atoms with E-state index < -0.39 is 32.5 Å². The molecule has 9 nitrogen and oxygen atoms in total. The number of esters is 2. The Kier molecular flexibility index (Phi) is 45.6. The monoisotopic (exact) mass is 936 g/mol. The van der Waals surface area contributed by atoms with Crippen molar-refractivity contribution in [3.63, 3.8) is 0 Å². The zero-order valence-electron chi connectivity index (χ0n) is 42.9. The molecule has 0 saturated carbocycles. The Bertz CT molecular complexity index is 1240. The van der Waals surface area contributed by atoms with Gasteiger partial charge in [0.25, 0.3) is 7.82 Å². The van der Waals surface area contributed by atoms with Crippen molar-refractivity contribution in [2.45, 2.75) is 245 Å². The van der Waals surface area contributed by atoms with Gasteiger partial charge in [-0.2, -0.15) is 0 Å². The van der Waals surface area contributed by atoms with Crippen LogP contribution < -0.4 is 4.89 Å². The number of carbonyl (C=O) groups is 2. The molecule has 0 aromatic carbocycles. The van der Waals surface area contributed by atoms with Crippen LogP contribution in [0.5, 0.6) is 0 Å². The van der Waals surface area contributed by atoms with E-state index >= 15 is 0 Å². The first-order chi connectivity index (χ1) is 31.5. The first-order valence-electron chi connectivity index (χ1n) is 26.8. The van der Waals surface area contributed by atoms with Crippen LogP contribution in [0.2, 0.25) is 0 Å². The van der Waals surface area contributed by atoms with Crippen LogP contribution in [0.25, 0.3) is 0 Å². The number of quaternary nitrogens is 1. The number of unbranched alkanes of at least 4 members (excludes halogenated alkanes) is 27.